The maximum atomic E-state index is 13.5. The van der Waals surface area contributed by atoms with Crippen molar-refractivity contribution in [1.29, 1.82) is 0 Å². The summed E-state index contributed by atoms with van der Waals surface area (Å²) in [4.78, 5) is 60.2. The number of carbonyl (C=O) groups is 5. The molecule has 1 saturated carbocycles. The van der Waals surface area contributed by atoms with Crippen LogP contribution in [0.3, 0.4) is 0 Å². The minimum atomic E-state index is -0.171. The van der Waals surface area contributed by atoms with Crippen LogP contribution in [0.4, 0.5) is 0 Å². The molecule has 0 amide bonds. The van der Waals surface area contributed by atoms with Gasteiger partial charge in [-0.25, -0.2) is 0 Å². The summed E-state index contributed by atoms with van der Waals surface area (Å²) in [5.74, 6) is 3.00. The molecule has 0 aromatic rings. The molecule has 2 fully saturated rings. The van der Waals surface area contributed by atoms with E-state index in [2.05, 4.69) is 59.7 Å². The molecule has 4 unspecified atom stereocenters. The second-order valence-electron chi connectivity index (χ2n) is 23.0. The molecule has 0 aromatic carbocycles. The van der Waals surface area contributed by atoms with Gasteiger partial charge in [0, 0.05) is 70.1 Å². The Labute approximate surface area is 474 Å². The quantitative estimate of drug-likeness (QED) is 0.0327. The number of carbonyl (C=O) groups excluding carboxylic acids is 5. The fourth-order valence-corrected chi connectivity index (χ4v) is 10.7. The fraction of sp³-hybridized carbons (Fsp3) is 0.864. The Kier molecular flexibility index (Phi) is 52.9. The van der Waals surface area contributed by atoms with Gasteiger partial charge in [-0.2, -0.15) is 0 Å². The van der Waals surface area contributed by atoms with Crippen molar-refractivity contribution in [3.63, 3.8) is 0 Å². The number of nitrogens with zero attached hydrogens (tertiary/aromatic N) is 1. The number of esters is 2. The maximum Gasteiger partial charge on any atom is 0.306 e. The fourth-order valence-electron chi connectivity index (χ4n) is 10.7. The van der Waals surface area contributed by atoms with E-state index in [9.17, 15) is 19.2 Å². The first-order valence-corrected chi connectivity index (χ1v) is 31.3. The molecule has 77 heavy (non-hydrogen) atoms. The molecular formula is C66H123NO10. The lowest BCUT2D eigenvalue weighted by Gasteiger charge is -2.34. The molecule has 0 spiro atoms. The van der Waals surface area contributed by atoms with E-state index >= 15 is 0 Å². The lowest BCUT2D eigenvalue weighted by Crippen LogP contribution is -2.34. The molecule has 2 aliphatic rings. The lowest BCUT2D eigenvalue weighted by atomic mass is 9.71. The van der Waals surface area contributed by atoms with Crippen molar-refractivity contribution in [2.24, 2.45) is 35.5 Å². The van der Waals surface area contributed by atoms with E-state index in [0.29, 0.717) is 94.9 Å². The Morgan fingerprint density at radius 3 is 1.44 bits per heavy atom. The third-order valence-corrected chi connectivity index (χ3v) is 15.3. The summed E-state index contributed by atoms with van der Waals surface area (Å²) in [5.41, 5.74) is 0. The van der Waals surface area contributed by atoms with Gasteiger partial charge in [0.2, 0.25) is 0 Å². The predicted molar refractivity (Wildman–Crippen MR) is 321 cm³/mol. The molecule has 2 rings (SSSR count). The Hall–Kier alpha value is -3.05. The lowest BCUT2D eigenvalue weighted by molar-refractivity contribution is -0.146. The van der Waals surface area contributed by atoms with Gasteiger partial charge in [-0.15, -0.1) is 0 Å². The molecule has 0 aromatic heterocycles. The highest BCUT2D eigenvalue weighted by Crippen LogP contribution is 2.37. The monoisotopic (exact) mass is 1090 g/mol. The summed E-state index contributed by atoms with van der Waals surface area (Å²) in [6.45, 7) is 28.9. The number of ketones is 2. The van der Waals surface area contributed by atoms with Crippen molar-refractivity contribution in [2.75, 3.05) is 59.8 Å². The molecule has 1 aliphatic carbocycles. The Morgan fingerprint density at radius 2 is 0.974 bits per heavy atom. The summed E-state index contributed by atoms with van der Waals surface area (Å²) in [6, 6.07) is 0. The summed E-state index contributed by atoms with van der Waals surface area (Å²) in [6.07, 6.45) is 36.8. The summed E-state index contributed by atoms with van der Waals surface area (Å²) >= 11 is 0. The molecule has 1 aliphatic heterocycles. The second kappa shape index (κ2) is 53.6. The van der Waals surface area contributed by atoms with Crippen LogP contribution in [0, 0.1) is 35.5 Å². The van der Waals surface area contributed by atoms with Gasteiger partial charge in [0.1, 0.15) is 18.4 Å². The molecule has 0 N–H and O–H groups in total. The van der Waals surface area contributed by atoms with Gasteiger partial charge in [-0.1, -0.05) is 190 Å². The van der Waals surface area contributed by atoms with E-state index in [1.165, 1.54) is 116 Å². The summed E-state index contributed by atoms with van der Waals surface area (Å²) in [5, 5.41) is 0. The van der Waals surface area contributed by atoms with E-state index in [-0.39, 0.29) is 48.8 Å². The highest BCUT2D eigenvalue weighted by Gasteiger charge is 2.36. The van der Waals surface area contributed by atoms with Crippen molar-refractivity contribution >= 4 is 30.3 Å². The van der Waals surface area contributed by atoms with E-state index < -0.39 is 0 Å². The van der Waals surface area contributed by atoms with Gasteiger partial charge in [-0.05, 0) is 95.6 Å². The van der Waals surface area contributed by atoms with Crippen LogP contribution < -0.4 is 0 Å². The number of unbranched alkanes of at least 4 members (excludes halogenated alkanes) is 20. The Balaban J connectivity index is 0. The zero-order valence-electron chi connectivity index (χ0n) is 50.5. The molecular weight excluding hydrogens is 967 g/mol. The number of likely N-dealkylation sites (tertiary alicyclic amines) is 1. The van der Waals surface area contributed by atoms with Gasteiger partial charge in [0.25, 0.3) is 0 Å². The number of allylic oxidation sites excluding steroid dienone is 2. The van der Waals surface area contributed by atoms with Crippen molar-refractivity contribution < 1.29 is 47.7 Å². The minimum absolute atomic E-state index is 0. The van der Waals surface area contributed by atoms with Crippen molar-refractivity contribution in [3.05, 3.63) is 24.7 Å². The molecule has 1 saturated heterocycles. The van der Waals surface area contributed by atoms with Crippen LogP contribution in [0.1, 0.15) is 274 Å². The van der Waals surface area contributed by atoms with Crippen LogP contribution in [0.15, 0.2) is 24.7 Å². The zero-order chi connectivity index (χ0) is 56.4. The van der Waals surface area contributed by atoms with Crippen LogP contribution in [0.5, 0.6) is 0 Å². The topological polar surface area (TPSA) is 135 Å². The molecule has 11 heteroatoms. The largest absolute Gasteiger partial charge is 0.499 e. The van der Waals surface area contributed by atoms with Gasteiger partial charge in [0.15, 0.2) is 0 Å². The SMILES string of the molecule is C.C=C(CC(CC(=C)OC[C@@H]1CC[C@@H](C)CC1C(=O)CC1CCN(C)C1)CC(=O)OCCCCCCCC)OCCCCCCCC.C=O.CCCCCCCCOCCC(CC(C)=O)CC(=O)OCCCCCCCC. The van der Waals surface area contributed by atoms with Gasteiger partial charge in [0.05, 0.1) is 37.9 Å². The number of ether oxygens (including phenoxy) is 5. The standard InChI is InChI=1S/C40H71NO5.C24H46O4.CH2O.CH4/c1-7-9-11-13-15-17-23-44-33(4)26-36(29-40(43)45-24-18-16-14-12-10-8-2)27-34(5)46-31-37-20-19-32(3)25-38(37)39(42)28-35-21-22-41(6)30-35;1-4-6-8-10-12-14-17-27-19-16-23(20-22(3)25)21-24(26)28-18-15-13-11-9-7-5-2;1-2;/h32,35-38H,4-5,7-31H2,1-3,6H3;23H,4-21H2,1-3H3;1H2;1H4/t32-,35?,36?,37+,38?;;;/m1.../s1. The van der Waals surface area contributed by atoms with Crippen LogP contribution >= 0.6 is 0 Å². The molecule has 1 heterocycles. The zero-order valence-corrected chi connectivity index (χ0v) is 50.5. The second-order valence-corrected chi connectivity index (χ2v) is 23.0. The van der Waals surface area contributed by atoms with Crippen LogP contribution in [0.25, 0.3) is 0 Å². The third-order valence-electron chi connectivity index (χ3n) is 15.3. The van der Waals surface area contributed by atoms with Crippen molar-refractivity contribution in [2.45, 2.75) is 274 Å². The maximum absolute atomic E-state index is 13.5. The van der Waals surface area contributed by atoms with Crippen LogP contribution in [-0.2, 0) is 47.7 Å². The average molecular weight is 1090 g/mol. The summed E-state index contributed by atoms with van der Waals surface area (Å²) in [7, 11) is 2.15. The van der Waals surface area contributed by atoms with E-state index in [4.69, 9.17) is 28.5 Å². The highest BCUT2D eigenvalue weighted by atomic mass is 16.5. The Bertz CT molecular complexity index is 1420. The van der Waals surface area contributed by atoms with Crippen LogP contribution in [0.2, 0.25) is 0 Å². The molecule has 0 bridgehead atoms. The predicted octanol–water partition coefficient (Wildman–Crippen LogP) is 17.2. The number of hydrogen-bond acceptors (Lipinski definition) is 11. The number of hydrogen-bond donors (Lipinski definition) is 0. The van der Waals surface area contributed by atoms with Gasteiger partial charge in [-0.3, -0.25) is 14.4 Å². The highest BCUT2D eigenvalue weighted by molar-refractivity contribution is 5.81. The normalized spacial score (nSPS) is 17.8. The molecule has 0 radical (unpaired) electrons. The minimum Gasteiger partial charge on any atom is -0.499 e. The number of rotatable bonds is 48. The van der Waals surface area contributed by atoms with Gasteiger partial charge >= 0.3 is 11.9 Å². The average Bonchev–Trinajstić information content (AvgIpc) is 3.80. The molecule has 6 atom stereocenters. The van der Waals surface area contributed by atoms with E-state index in [1.807, 2.05) is 6.79 Å². The Morgan fingerprint density at radius 1 is 0.532 bits per heavy atom. The number of Topliss-reactive ketones (excluding diaryl/α,β-unsaturated/α-hetero) is 2. The van der Waals surface area contributed by atoms with Crippen molar-refractivity contribution in [3.8, 4) is 0 Å². The van der Waals surface area contributed by atoms with Crippen LogP contribution in [-0.4, -0.2) is 95.0 Å². The van der Waals surface area contributed by atoms with E-state index in [0.717, 1.165) is 96.1 Å². The smallest absolute Gasteiger partial charge is 0.306 e. The first-order valence-electron chi connectivity index (χ1n) is 31.3. The van der Waals surface area contributed by atoms with E-state index in [1.54, 1.807) is 6.92 Å². The van der Waals surface area contributed by atoms with Gasteiger partial charge < -0.3 is 38.2 Å². The molecule has 452 valence electrons. The summed E-state index contributed by atoms with van der Waals surface area (Å²) < 4.78 is 29.0. The third kappa shape index (κ3) is 45.4. The molecule has 11 nitrogen and oxygen atoms in total. The first-order chi connectivity index (χ1) is 36.8. The first kappa shape index (κ1) is 76.0. The van der Waals surface area contributed by atoms with Crippen molar-refractivity contribution in [1.82, 2.24) is 4.90 Å².